The van der Waals surface area contributed by atoms with Crippen LogP contribution in [0.1, 0.15) is 10.4 Å². The molecule has 2 aliphatic heterocycles. The minimum Gasteiger partial charge on any atom is -0.493 e. The maximum atomic E-state index is 12.6. The number of methoxy groups -OCH3 is 1. The SMILES string of the molecule is COc1cccc2cc(C(=O)OC[C@@H]3O[C@@H](O[C@@]4(CO)O[C@@H](CO)[C@H](O)[C@H]4O)[C@@H](O)[C@H](O)[C@H]3O)c(=O)oc12. The number of rotatable bonds is 8. The first kappa shape index (κ1) is 28.3. The number of carbonyl (C=O) groups excluding carboxylic acids is 1. The summed E-state index contributed by atoms with van der Waals surface area (Å²) in [7, 11) is 1.38. The number of benzene rings is 1. The second-order valence-corrected chi connectivity index (χ2v) is 8.80. The average Bonchev–Trinajstić information content (AvgIpc) is 3.16. The molecule has 0 bridgehead atoms. The van der Waals surface area contributed by atoms with Crippen molar-refractivity contribution in [3.05, 3.63) is 40.2 Å². The van der Waals surface area contributed by atoms with Gasteiger partial charge in [0, 0.05) is 5.39 Å². The van der Waals surface area contributed by atoms with Crippen molar-refractivity contribution in [2.24, 2.45) is 0 Å². The Morgan fingerprint density at radius 3 is 2.39 bits per heavy atom. The van der Waals surface area contributed by atoms with Crippen LogP contribution in [0.15, 0.2) is 33.5 Å². The predicted octanol–water partition coefficient (Wildman–Crippen LogP) is -3.42. The van der Waals surface area contributed by atoms with Crippen molar-refractivity contribution in [3.63, 3.8) is 0 Å². The quantitative estimate of drug-likeness (QED) is 0.127. The van der Waals surface area contributed by atoms with Crippen molar-refractivity contribution in [1.82, 2.24) is 0 Å². The van der Waals surface area contributed by atoms with E-state index in [2.05, 4.69) is 0 Å². The first-order valence-electron chi connectivity index (χ1n) is 11.5. The molecule has 15 nitrogen and oxygen atoms in total. The minimum atomic E-state index is -2.37. The molecule has 2 fully saturated rings. The van der Waals surface area contributed by atoms with E-state index in [1.165, 1.54) is 13.2 Å². The third-order valence-corrected chi connectivity index (χ3v) is 6.43. The molecule has 2 aromatic rings. The zero-order valence-electron chi connectivity index (χ0n) is 19.9. The number of ether oxygens (including phenoxy) is 5. The lowest BCUT2D eigenvalue weighted by molar-refractivity contribution is -0.383. The van der Waals surface area contributed by atoms with Gasteiger partial charge in [-0.1, -0.05) is 12.1 Å². The fraction of sp³-hybridized carbons (Fsp3) is 0.565. The maximum Gasteiger partial charge on any atom is 0.351 e. The second kappa shape index (κ2) is 11.2. The molecule has 4 rings (SSSR count). The molecule has 0 saturated carbocycles. The van der Waals surface area contributed by atoms with Gasteiger partial charge in [0.05, 0.1) is 13.7 Å². The molecule has 7 N–H and O–H groups in total. The standard InChI is InChI=1S/C23H28O15/c1-33-11-4-2-3-9-5-10(21(32)36-18(9)11)20(31)34-7-13-14(26)16(28)17(29)22(35-13)38-23(8-25)19(30)15(27)12(6-24)37-23/h2-5,12-17,19,22,24-30H,6-8H2,1H3/t12-,13-,14-,15-,16+,17-,19+,22-,23+/m0/s1. The van der Waals surface area contributed by atoms with Crippen LogP contribution in [0.4, 0.5) is 0 Å². The van der Waals surface area contributed by atoms with Crippen molar-refractivity contribution in [2.75, 3.05) is 26.9 Å². The van der Waals surface area contributed by atoms with Gasteiger partial charge in [0.15, 0.2) is 17.6 Å². The molecule has 1 aromatic heterocycles. The summed E-state index contributed by atoms with van der Waals surface area (Å²) in [5.41, 5.74) is -1.39. The molecule has 210 valence electrons. The third-order valence-electron chi connectivity index (χ3n) is 6.43. The number of aliphatic hydroxyl groups excluding tert-OH is 7. The van der Waals surface area contributed by atoms with Crippen molar-refractivity contribution < 1.29 is 68.6 Å². The summed E-state index contributed by atoms with van der Waals surface area (Å²) in [6.07, 6.45) is -14.0. The summed E-state index contributed by atoms with van der Waals surface area (Å²) >= 11 is 0. The zero-order valence-corrected chi connectivity index (χ0v) is 19.9. The lowest BCUT2D eigenvalue weighted by Gasteiger charge is -2.43. The Hall–Kier alpha value is -2.70. The highest BCUT2D eigenvalue weighted by molar-refractivity contribution is 5.94. The number of hydrogen-bond acceptors (Lipinski definition) is 15. The monoisotopic (exact) mass is 544 g/mol. The first-order chi connectivity index (χ1) is 18.1. The van der Waals surface area contributed by atoms with Gasteiger partial charge in [-0.3, -0.25) is 0 Å². The predicted molar refractivity (Wildman–Crippen MR) is 121 cm³/mol. The van der Waals surface area contributed by atoms with Gasteiger partial charge in [-0.15, -0.1) is 0 Å². The summed E-state index contributed by atoms with van der Waals surface area (Å²) in [6.45, 7) is -2.54. The molecule has 15 heteroatoms. The Morgan fingerprint density at radius 2 is 1.76 bits per heavy atom. The van der Waals surface area contributed by atoms with E-state index < -0.39 is 91.8 Å². The average molecular weight is 544 g/mol. The molecular formula is C23H28O15. The molecule has 0 aliphatic carbocycles. The lowest BCUT2D eigenvalue weighted by atomic mass is 9.99. The molecule has 2 saturated heterocycles. The summed E-state index contributed by atoms with van der Waals surface area (Å²) in [5, 5.41) is 70.8. The Bertz CT molecular complexity index is 1200. The number of esters is 1. The molecule has 9 atom stereocenters. The van der Waals surface area contributed by atoms with E-state index in [-0.39, 0.29) is 11.3 Å². The van der Waals surface area contributed by atoms with E-state index in [1.807, 2.05) is 0 Å². The molecule has 38 heavy (non-hydrogen) atoms. The molecule has 3 heterocycles. The minimum absolute atomic E-state index is 0.113. The van der Waals surface area contributed by atoms with Crippen LogP contribution in [0.2, 0.25) is 0 Å². The zero-order chi connectivity index (χ0) is 27.8. The molecule has 0 spiro atoms. The molecule has 0 radical (unpaired) electrons. The van der Waals surface area contributed by atoms with Crippen LogP contribution in [0, 0.1) is 0 Å². The Balaban J connectivity index is 1.49. The van der Waals surface area contributed by atoms with E-state index in [4.69, 9.17) is 28.1 Å². The normalized spacial score (nSPS) is 35.4. The topological polar surface area (TPSA) is 235 Å². The summed E-state index contributed by atoms with van der Waals surface area (Å²) < 4.78 is 31.4. The highest BCUT2D eigenvalue weighted by Crippen LogP contribution is 2.36. The maximum absolute atomic E-state index is 12.6. The molecular weight excluding hydrogens is 516 g/mol. The number of fused-ring (bicyclic) bond motifs is 1. The molecule has 2 aliphatic rings. The van der Waals surface area contributed by atoms with E-state index in [1.54, 1.807) is 18.2 Å². The fourth-order valence-corrected chi connectivity index (χ4v) is 4.27. The van der Waals surface area contributed by atoms with Gasteiger partial charge in [0.2, 0.25) is 5.79 Å². The Morgan fingerprint density at radius 1 is 1.03 bits per heavy atom. The number of aliphatic hydroxyl groups is 7. The van der Waals surface area contributed by atoms with E-state index in [0.29, 0.717) is 5.39 Å². The number of hydrogen-bond donors (Lipinski definition) is 7. The highest BCUT2D eigenvalue weighted by Gasteiger charge is 2.58. The molecule has 0 amide bonds. The Kier molecular flexibility index (Phi) is 8.34. The van der Waals surface area contributed by atoms with Gasteiger partial charge in [-0.05, 0) is 12.1 Å². The van der Waals surface area contributed by atoms with Crippen molar-refractivity contribution in [2.45, 2.75) is 54.8 Å². The van der Waals surface area contributed by atoms with Crippen LogP contribution in [0.25, 0.3) is 11.0 Å². The van der Waals surface area contributed by atoms with Gasteiger partial charge in [0.25, 0.3) is 0 Å². The first-order valence-corrected chi connectivity index (χ1v) is 11.5. The van der Waals surface area contributed by atoms with E-state index in [0.717, 1.165) is 0 Å². The number of carbonyl (C=O) groups is 1. The van der Waals surface area contributed by atoms with Crippen LogP contribution in [0.3, 0.4) is 0 Å². The van der Waals surface area contributed by atoms with Crippen molar-refractivity contribution >= 4 is 16.9 Å². The van der Waals surface area contributed by atoms with Gasteiger partial charge >= 0.3 is 11.6 Å². The summed E-state index contributed by atoms with van der Waals surface area (Å²) in [4.78, 5) is 25.0. The third kappa shape index (κ3) is 5.01. The van der Waals surface area contributed by atoms with Crippen LogP contribution < -0.4 is 10.4 Å². The Labute approximate surface area is 213 Å². The van der Waals surface area contributed by atoms with Gasteiger partial charge in [0.1, 0.15) is 61.5 Å². The van der Waals surface area contributed by atoms with Gasteiger partial charge in [-0.2, -0.15) is 0 Å². The van der Waals surface area contributed by atoms with Gasteiger partial charge < -0.3 is 63.8 Å². The smallest absolute Gasteiger partial charge is 0.351 e. The van der Waals surface area contributed by atoms with E-state index >= 15 is 0 Å². The summed E-state index contributed by atoms with van der Waals surface area (Å²) in [5.74, 6) is -3.24. The molecule has 1 aromatic carbocycles. The van der Waals surface area contributed by atoms with Crippen LogP contribution in [-0.4, -0.2) is 123 Å². The van der Waals surface area contributed by atoms with E-state index in [9.17, 15) is 45.3 Å². The number of para-hydroxylation sites is 1. The lowest BCUT2D eigenvalue weighted by Crippen LogP contribution is -2.62. The van der Waals surface area contributed by atoms with Crippen LogP contribution in [0.5, 0.6) is 5.75 Å². The van der Waals surface area contributed by atoms with Crippen molar-refractivity contribution in [3.8, 4) is 5.75 Å². The van der Waals surface area contributed by atoms with Crippen molar-refractivity contribution in [1.29, 1.82) is 0 Å². The summed E-state index contributed by atoms with van der Waals surface area (Å²) in [6, 6.07) is 5.97. The molecule has 0 unspecified atom stereocenters. The van der Waals surface area contributed by atoms with Crippen LogP contribution in [-0.2, 0) is 18.9 Å². The van der Waals surface area contributed by atoms with Crippen LogP contribution >= 0.6 is 0 Å². The fourth-order valence-electron chi connectivity index (χ4n) is 4.27. The largest absolute Gasteiger partial charge is 0.493 e. The second-order valence-electron chi connectivity index (χ2n) is 8.80. The highest BCUT2D eigenvalue weighted by atomic mass is 16.8. The van der Waals surface area contributed by atoms with Gasteiger partial charge in [-0.25, -0.2) is 9.59 Å².